The van der Waals surface area contributed by atoms with Crippen LogP contribution in [0.15, 0.2) is 18.3 Å². The molecule has 2 nitrogen and oxygen atoms in total. The van der Waals surface area contributed by atoms with Gasteiger partial charge >= 0.3 is 0 Å². The quantitative estimate of drug-likeness (QED) is 0.669. The van der Waals surface area contributed by atoms with Crippen molar-refractivity contribution in [2.45, 2.75) is 25.8 Å². The van der Waals surface area contributed by atoms with E-state index in [0.29, 0.717) is 0 Å². The molecule has 13 heavy (non-hydrogen) atoms. The van der Waals surface area contributed by atoms with Gasteiger partial charge in [0.15, 0.2) is 0 Å². The normalized spacial score (nSPS) is 30.2. The second kappa shape index (κ2) is 2.29. The molecule has 0 amide bonds. The van der Waals surface area contributed by atoms with E-state index in [-0.39, 0.29) is 11.0 Å². The molecule has 1 unspecified atom stereocenters. The summed E-state index contributed by atoms with van der Waals surface area (Å²) < 4.78 is 12.5. The number of nitrogens with two attached hydrogens (primary N) is 1. The lowest BCUT2D eigenvalue weighted by Crippen LogP contribution is -2.25. The summed E-state index contributed by atoms with van der Waals surface area (Å²) in [6, 6.07) is 3.08. The molecule has 1 aromatic rings. The Morgan fingerprint density at radius 2 is 2.08 bits per heavy atom. The summed E-state index contributed by atoms with van der Waals surface area (Å²) in [6.45, 7) is 4.21. The molecule has 1 aromatic heterocycles. The molecule has 3 heteroatoms. The first-order chi connectivity index (χ1) is 5.96. The monoisotopic (exact) mass is 180 g/mol. The molecule has 0 radical (unpaired) electrons. The molecule has 1 saturated carbocycles. The maximum Gasteiger partial charge on any atom is 0.212 e. The highest BCUT2D eigenvalue weighted by Gasteiger charge is 2.59. The highest BCUT2D eigenvalue weighted by Crippen LogP contribution is 2.60. The summed E-state index contributed by atoms with van der Waals surface area (Å²) in [4.78, 5) is 3.60. The van der Waals surface area contributed by atoms with Crippen LogP contribution in [0.3, 0.4) is 0 Å². The maximum absolute atomic E-state index is 12.5. The van der Waals surface area contributed by atoms with Crippen LogP contribution in [0.1, 0.15) is 25.8 Å². The third-order valence-corrected chi connectivity index (χ3v) is 3.05. The molecule has 70 valence electrons. The van der Waals surface area contributed by atoms with Gasteiger partial charge in [-0.25, -0.2) is 4.98 Å². The van der Waals surface area contributed by atoms with Crippen LogP contribution in [0.4, 0.5) is 4.39 Å². The lowest BCUT2D eigenvalue weighted by atomic mass is 9.99. The van der Waals surface area contributed by atoms with E-state index in [2.05, 4.69) is 18.8 Å². The van der Waals surface area contributed by atoms with Crippen molar-refractivity contribution in [3.8, 4) is 0 Å². The van der Waals surface area contributed by atoms with Gasteiger partial charge in [-0.2, -0.15) is 4.39 Å². The summed E-state index contributed by atoms with van der Waals surface area (Å²) >= 11 is 0. The predicted octanol–water partition coefficient (Wildman–Crippen LogP) is 1.80. The van der Waals surface area contributed by atoms with Gasteiger partial charge < -0.3 is 5.73 Å². The van der Waals surface area contributed by atoms with Gasteiger partial charge in [0.2, 0.25) is 5.95 Å². The van der Waals surface area contributed by atoms with E-state index in [1.807, 2.05) is 0 Å². The van der Waals surface area contributed by atoms with Crippen molar-refractivity contribution in [3.63, 3.8) is 0 Å². The Morgan fingerprint density at radius 3 is 2.46 bits per heavy atom. The van der Waals surface area contributed by atoms with Gasteiger partial charge in [0.1, 0.15) is 0 Å². The van der Waals surface area contributed by atoms with E-state index in [4.69, 9.17) is 5.73 Å². The smallest absolute Gasteiger partial charge is 0.212 e. The zero-order chi connectivity index (χ0) is 9.69. The van der Waals surface area contributed by atoms with E-state index < -0.39 is 5.95 Å². The number of hydrogen-bond donors (Lipinski definition) is 1. The van der Waals surface area contributed by atoms with Crippen LogP contribution in [-0.4, -0.2) is 4.98 Å². The summed E-state index contributed by atoms with van der Waals surface area (Å²) in [5.74, 6) is -0.453. The van der Waals surface area contributed by atoms with Gasteiger partial charge in [-0.3, -0.25) is 0 Å². The molecule has 0 saturated heterocycles. The van der Waals surface area contributed by atoms with Crippen molar-refractivity contribution < 1.29 is 4.39 Å². The summed E-state index contributed by atoms with van der Waals surface area (Å²) in [5, 5.41) is 0. The summed E-state index contributed by atoms with van der Waals surface area (Å²) in [5.41, 5.74) is 6.88. The molecule has 0 spiro atoms. The molecule has 0 aromatic carbocycles. The Kier molecular flexibility index (Phi) is 1.52. The topological polar surface area (TPSA) is 38.9 Å². The molecule has 2 rings (SSSR count). The zero-order valence-corrected chi connectivity index (χ0v) is 7.84. The number of aromatic nitrogens is 1. The molecule has 1 aliphatic rings. The van der Waals surface area contributed by atoms with E-state index in [1.165, 1.54) is 12.3 Å². The zero-order valence-electron chi connectivity index (χ0n) is 7.84. The van der Waals surface area contributed by atoms with E-state index in [1.54, 1.807) is 6.07 Å². The SMILES string of the molecule is CC1(C)CC1(N)c1ccc(F)nc1. The van der Waals surface area contributed by atoms with Crippen LogP contribution >= 0.6 is 0 Å². The van der Waals surface area contributed by atoms with Crippen LogP contribution < -0.4 is 5.73 Å². The molecule has 1 heterocycles. The van der Waals surface area contributed by atoms with Crippen molar-refractivity contribution in [3.05, 3.63) is 29.8 Å². The lowest BCUT2D eigenvalue weighted by molar-refractivity contribution is 0.504. The first-order valence-corrected chi connectivity index (χ1v) is 4.37. The van der Waals surface area contributed by atoms with Crippen molar-refractivity contribution in [2.75, 3.05) is 0 Å². The van der Waals surface area contributed by atoms with Crippen molar-refractivity contribution in [1.82, 2.24) is 4.98 Å². The van der Waals surface area contributed by atoms with Gasteiger partial charge in [0.05, 0.1) is 0 Å². The molecule has 0 bridgehead atoms. The Balaban J connectivity index is 2.34. The lowest BCUT2D eigenvalue weighted by Gasteiger charge is -2.14. The molecule has 1 fully saturated rings. The molecule has 1 atom stereocenters. The van der Waals surface area contributed by atoms with Gasteiger partial charge in [-0.1, -0.05) is 19.9 Å². The standard InChI is InChI=1S/C10H13FN2/c1-9(2)6-10(9,12)7-3-4-8(11)13-5-7/h3-5H,6,12H2,1-2H3. The minimum absolute atomic E-state index is 0.118. The third-order valence-electron chi connectivity index (χ3n) is 3.05. The average molecular weight is 180 g/mol. The number of rotatable bonds is 1. The summed E-state index contributed by atoms with van der Waals surface area (Å²) in [6.07, 6.45) is 2.47. The molecule has 1 aliphatic carbocycles. The number of nitrogens with zero attached hydrogens (tertiary/aromatic N) is 1. The summed E-state index contributed by atoms with van der Waals surface area (Å²) in [7, 11) is 0. The predicted molar refractivity (Wildman–Crippen MR) is 48.5 cm³/mol. The third kappa shape index (κ3) is 1.15. The second-order valence-corrected chi connectivity index (χ2v) is 4.40. The molecule has 2 N–H and O–H groups in total. The number of hydrogen-bond acceptors (Lipinski definition) is 2. The largest absolute Gasteiger partial charge is 0.321 e. The van der Waals surface area contributed by atoms with Gasteiger partial charge in [0.25, 0.3) is 0 Å². The first kappa shape index (κ1) is 8.63. The second-order valence-electron chi connectivity index (χ2n) is 4.40. The first-order valence-electron chi connectivity index (χ1n) is 4.37. The van der Waals surface area contributed by atoms with Gasteiger partial charge in [0, 0.05) is 11.7 Å². The Labute approximate surface area is 77.0 Å². The van der Waals surface area contributed by atoms with Crippen LogP contribution in [0, 0.1) is 11.4 Å². The van der Waals surface area contributed by atoms with Crippen LogP contribution in [0.2, 0.25) is 0 Å². The van der Waals surface area contributed by atoms with E-state index >= 15 is 0 Å². The van der Waals surface area contributed by atoms with Crippen molar-refractivity contribution >= 4 is 0 Å². The highest BCUT2D eigenvalue weighted by atomic mass is 19.1. The fourth-order valence-corrected chi connectivity index (χ4v) is 1.79. The van der Waals surface area contributed by atoms with Crippen LogP contribution in [0.5, 0.6) is 0 Å². The Bertz CT molecular complexity index is 331. The minimum atomic E-state index is -0.453. The van der Waals surface area contributed by atoms with Crippen LogP contribution in [0.25, 0.3) is 0 Å². The molecular formula is C10H13FN2. The Hall–Kier alpha value is -0.960. The van der Waals surface area contributed by atoms with E-state index in [0.717, 1.165) is 12.0 Å². The molecule has 0 aliphatic heterocycles. The van der Waals surface area contributed by atoms with Crippen LogP contribution in [-0.2, 0) is 5.54 Å². The minimum Gasteiger partial charge on any atom is -0.321 e. The van der Waals surface area contributed by atoms with Crippen molar-refractivity contribution in [2.24, 2.45) is 11.1 Å². The fourth-order valence-electron chi connectivity index (χ4n) is 1.79. The van der Waals surface area contributed by atoms with Gasteiger partial charge in [-0.05, 0) is 23.5 Å². The fraction of sp³-hybridized carbons (Fsp3) is 0.500. The Morgan fingerprint density at radius 1 is 1.46 bits per heavy atom. The maximum atomic E-state index is 12.5. The number of pyridine rings is 1. The highest BCUT2D eigenvalue weighted by molar-refractivity contribution is 5.32. The van der Waals surface area contributed by atoms with Gasteiger partial charge in [-0.15, -0.1) is 0 Å². The molecular weight excluding hydrogens is 167 g/mol. The number of halogens is 1. The average Bonchev–Trinajstić information content (AvgIpc) is 2.53. The van der Waals surface area contributed by atoms with Crippen molar-refractivity contribution in [1.29, 1.82) is 0 Å². The van der Waals surface area contributed by atoms with E-state index in [9.17, 15) is 4.39 Å².